The first-order valence-corrected chi connectivity index (χ1v) is 10.7. The van der Waals surface area contributed by atoms with E-state index in [1.807, 2.05) is 6.92 Å². The number of carbonyl (C=O) groups is 2. The fraction of sp³-hybridized carbons (Fsp3) is 0.500. The first-order valence-electron chi connectivity index (χ1n) is 10.3. The number of rotatable bonds is 7. The van der Waals surface area contributed by atoms with Crippen molar-refractivity contribution in [2.45, 2.75) is 32.5 Å². The molecule has 0 aliphatic carbocycles. The molecule has 0 saturated carbocycles. The Bertz CT molecular complexity index is 1010. The topological polar surface area (TPSA) is 86.3 Å². The predicted molar refractivity (Wildman–Crippen MR) is 115 cm³/mol. The van der Waals surface area contributed by atoms with E-state index in [1.54, 1.807) is 14.4 Å². The Kier molecular flexibility index (Phi) is 7.67. The molecule has 1 saturated heterocycles. The summed E-state index contributed by atoms with van der Waals surface area (Å²) in [6.07, 6.45) is -2.96. The highest BCUT2D eigenvalue weighted by Crippen LogP contribution is 2.34. The fourth-order valence-corrected chi connectivity index (χ4v) is 3.77. The van der Waals surface area contributed by atoms with Crippen LogP contribution in [0, 0.1) is 4.77 Å². The molecule has 0 radical (unpaired) electrons. The van der Waals surface area contributed by atoms with Crippen LogP contribution in [0.5, 0.6) is 0 Å². The summed E-state index contributed by atoms with van der Waals surface area (Å²) in [5, 5.41) is 9.22. The van der Waals surface area contributed by atoms with Gasteiger partial charge in [-0.3, -0.25) is 24.2 Å². The maximum absolute atomic E-state index is 13.1. The fourth-order valence-electron chi connectivity index (χ4n) is 3.55. The number of alkyl halides is 3. The van der Waals surface area contributed by atoms with Crippen LogP contribution in [0.2, 0.25) is 0 Å². The van der Waals surface area contributed by atoms with E-state index >= 15 is 0 Å². The van der Waals surface area contributed by atoms with Crippen LogP contribution in [0.3, 0.4) is 0 Å². The molecule has 3 rings (SSSR count). The molecule has 32 heavy (non-hydrogen) atoms. The molecule has 8 nitrogen and oxygen atoms in total. The number of nitrogens with one attached hydrogen (secondary N) is 2. The number of amides is 2. The van der Waals surface area contributed by atoms with E-state index in [0.717, 1.165) is 18.3 Å². The molecule has 2 amide bonds. The van der Waals surface area contributed by atoms with E-state index in [2.05, 4.69) is 15.5 Å². The first kappa shape index (κ1) is 23.9. The van der Waals surface area contributed by atoms with Gasteiger partial charge in [0.15, 0.2) is 4.77 Å². The van der Waals surface area contributed by atoms with Crippen LogP contribution in [-0.2, 0) is 28.7 Å². The summed E-state index contributed by atoms with van der Waals surface area (Å²) in [6.45, 7) is 3.78. The highest BCUT2D eigenvalue weighted by Gasteiger charge is 2.33. The molecule has 2 aromatic rings. The van der Waals surface area contributed by atoms with E-state index in [1.165, 1.54) is 18.2 Å². The van der Waals surface area contributed by atoms with Crippen LogP contribution in [0.15, 0.2) is 24.3 Å². The van der Waals surface area contributed by atoms with Gasteiger partial charge < -0.3 is 10.2 Å². The minimum atomic E-state index is -4.55. The summed E-state index contributed by atoms with van der Waals surface area (Å²) in [4.78, 5) is 28.5. The standard InChI is InChI=1S/C20H25F3N6O2S/c1-2-5-16-25-26-19(32)29(16)13-18(31)28-10-8-27(9-11-28)12-17(30)24-15-7-4-3-6-14(15)20(21,22)23/h3-4,6-7H,2,5,8-13H2,1H3,(H,24,30)(H,26,32). The number of para-hydroxylation sites is 1. The van der Waals surface area contributed by atoms with Gasteiger partial charge in [-0.2, -0.15) is 18.3 Å². The second kappa shape index (κ2) is 10.3. The van der Waals surface area contributed by atoms with E-state index in [4.69, 9.17) is 12.2 Å². The molecule has 2 N–H and O–H groups in total. The summed E-state index contributed by atoms with van der Waals surface area (Å²) in [7, 11) is 0. The molecule has 1 aromatic carbocycles. The molecule has 0 spiro atoms. The normalized spacial score (nSPS) is 15.1. The van der Waals surface area contributed by atoms with Crippen molar-refractivity contribution in [2.24, 2.45) is 0 Å². The quantitative estimate of drug-likeness (QED) is 0.608. The van der Waals surface area contributed by atoms with Crippen molar-refractivity contribution >= 4 is 29.7 Å². The highest BCUT2D eigenvalue weighted by atomic mass is 32.1. The van der Waals surface area contributed by atoms with Gasteiger partial charge in [0.1, 0.15) is 12.4 Å². The number of carbonyl (C=O) groups excluding carboxylic acids is 2. The lowest BCUT2D eigenvalue weighted by Crippen LogP contribution is -2.51. The largest absolute Gasteiger partial charge is 0.418 e. The van der Waals surface area contributed by atoms with E-state index in [9.17, 15) is 22.8 Å². The zero-order valence-electron chi connectivity index (χ0n) is 17.6. The third-order valence-corrected chi connectivity index (χ3v) is 5.51. The summed E-state index contributed by atoms with van der Waals surface area (Å²) in [5.41, 5.74) is -1.15. The number of piperazine rings is 1. The third-order valence-electron chi connectivity index (χ3n) is 5.20. The first-order chi connectivity index (χ1) is 15.2. The Balaban J connectivity index is 1.51. The summed E-state index contributed by atoms with van der Waals surface area (Å²) >= 11 is 5.21. The molecule has 0 unspecified atom stereocenters. The maximum atomic E-state index is 13.1. The molecule has 12 heteroatoms. The van der Waals surface area contributed by atoms with Crippen molar-refractivity contribution in [2.75, 3.05) is 38.0 Å². The van der Waals surface area contributed by atoms with E-state index in [0.29, 0.717) is 37.4 Å². The van der Waals surface area contributed by atoms with E-state index in [-0.39, 0.29) is 24.7 Å². The van der Waals surface area contributed by atoms with Gasteiger partial charge in [0.05, 0.1) is 17.8 Å². The lowest BCUT2D eigenvalue weighted by Gasteiger charge is -2.34. The van der Waals surface area contributed by atoms with Gasteiger partial charge in [0, 0.05) is 32.6 Å². The molecular formula is C20H25F3N6O2S. The van der Waals surface area contributed by atoms with Crippen molar-refractivity contribution in [1.82, 2.24) is 24.6 Å². The number of aromatic amines is 1. The zero-order chi connectivity index (χ0) is 23.3. The molecule has 1 aromatic heterocycles. The molecule has 0 atom stereocenters. The lowest BCUT2D eigenvalue weighted by molar-refractivity contribution is -0.137. The van der Waals surface area contributed by atoms with E-state index < -0.39 is 17.6 Å². The third kappa shape index (κ3) is 5.94. The van der Waals surface area contributed by atoms with Gasteiger partial charge >= 0.3 is 6.18 Å². The van der Waals surface area contributed by atoms with Crippen LogP contribution in [-0.4, -0.2) is 69.1 Å². The minimum Gasteiger partial charge on any atom is -0.339 e. The number of aromatic nitrogens is 3. The smallest absolute Gasteiger partial charge is 0.339 e. The second-order valence-electron chi connectivity index (χ2n) is 7.53. The molecule has 0 bridgehead atoms. The summed E-state index contributed by atoms with van der Waals surface area (Å²) in [5.74, 6) is 0.110. The Morgan fingerprint density at radius 2 is 1.84 bits per heavy atom. The number of nitrogens with zero attached hydrogens (tertiary/aromatic N) is 4. The van der Waals surface area contributed by atoms with Crippen molar-refractivity contribution in [3.8, 4) is 0 Å². The number of anilines is 1. The Labute approximate surface area is 188 Å². The van der Waals surface area contributed by atoms with Crippen LogP contribution in [0.4, 0.5) is 18.9 Å². The Hall–Kier alpha value is -2.73. The van der Waals surface area contributed by atoms with Crippen molar-refractivity contribution in [1.29, 1.82) is 0 Å². The zero-order valence-corrected chi connectivity index (χ0v) is 18.4. The van der Waals surface area contributed by atoms with Crippen LogP contribution >= 0.6 is 12.2 Å². The second-order valence-corrected chi connectivity index (χ2v) is 7.92. The average Bonchev–Trinajstić information content (AvgIpc) is 3.08. The summed E-state index contributed by atoms with van der Waals surface area (Å²) in [6, 6.07) is 4.87. The van der Waals surface area contributed by atoms with Gasteiger partial charge in [-0.1, -0.05) is 19.1 Å². The number of H-pyrrole nitrogens is 1. The lowest BCUT2D eigenvalue weighted by atomic mass is 10.1. The number of hydrogen-bond acceptors (Lipinski definition) is 5. The Morgan fingerprint density at radius 3 is 2.50 bits per heavy atom. The average molecular weight is 471 g/mol. The number of aryl methyl sites for hydroxylation is 1. The molecule has 1 fully saturated rings. The number of benzene rings is 1. The van der Waals surface area contributed by atoms with Gasteiger partial charge in [0.25, 0.3) is 0 Å². The minimum absolute atomic E-state index is 0.0539. The molecular weight excluding hydrogens is 445 g/mol. The van der Waals surface area contributed by atoms with Crippen LogP contribution < -0.4 is 5.32 Å². The van der Waals surface area contributed by atoms with Crippen LogP contribution in [0.1, 0.15) is 24.7 Å². The van der Waals surface area contributed by atoms with Gasteiger partial charge in [0.2, 0.25) is 11.8 Å². The molecule has 1 aliphatic rings. The maximum Gasteiger partial charge on any atom is 0.418 e. The number of hydrogen-bond donors (Lipinski definition) is 2. The predicted octanol–water partition coefficient (Wildman–Crippen LogP) is 2.69. The van der Waals surface area contributed by atoms with Crippen molar-refractivity contribution < 1.29 is 22.8 Å². The summed E-state index contributed by atoms with van der Waals surface area (Å²) < 4.78 is 41.4. The Morgan fingerprint density at radius 1 is 1.16 bits per heavy atom. The van der Waals surface area contributed by atoms with Crippen LogP contribution in [0.25, 0.3) is 0 Å². The van der Waals surface area contributed by atoms with Gasteiger partial charge in [-0.05, 0) is 30.8 Å². The monoisotopic (exact) mass is 470 g/mol. The molecule has 174 valence electrons. The van der Waals surface area contributed by atoms with Gasteiger partial charge in [-0.15, -0.1) is 0 Å². The number of halogens is 3. The molecule has 2 heterocycles. The van der Waals surface area contributed by atoms with Crippen molar-refractivity contribution in [3.05, 3.63) is 40.4 Å². The van der Waals surface area contributed by atoms with Crippen molar-refractivity contribution in [3.63, 3.8) is 0 Å². The highest BCUT2D eigenvalue weighted by molar-refractivity contribution is 7.71. The van der Waals surface area contributed by atoms with Gasteiger partial charge in [-0.25, -0.2) is 0 Å². The molecule has 1 aliphatic heterocycles. The SMILES string of the molecule is CCCc1n[nH]c(=S)n1CC(=O)N1CCN(CC(=O)Nc2ccccc2C(F)(F)F)CC1.